The fourth-order valence-corrected chi connectivity index (χ4v) is 2.08. The molecule has 0 fully saturated rings. The topological polar surface area (TPSA) is 82.4 Å². The number of nitrogens with one attached hydrogen (secondary N) is 1. The van der Waals surface area contributed by atoms with Crippen molar-refractivity contribution in [1.29, 1.82) is 5.26 Å². The molecule has 0 radical (unpaired) electrons. The zero-order valence-corrected chi connectivity index (χ0v) is 13.8. The minimum Gasteiger partial charge on any atom is -0.445 e. The second-order valence-electron chi connectivity index (χ2n) is 5.67. The first-order valence-electron chi connectivity index (χ1n) is 7.53. The molecule has 0 aliphatic heterocycles. The van der Waals surface area contributed by atoms with Crippen LogP contribution < -0.4 is 5.32 Å². The number of nitriles is 1. The number of likely N-dealkylation sites (N-methyl/N-ethyl adjacent to an activating group) is 1. The van der Waals surface area contributed by atoms with Gasteiger partial charge in [0, 0.05) is 7.05 Å². The molecule has 1 unspecified atom stereocenters. The summed E-state index contributed by atoms with van der Waals surface area (Å²) >= 11 is 0. The molecule has 1 aromatic rings. The van der Waals surface area contributed by atoms with E-state index in [0.717, 1.165) is 5.56 Å². The molecule has 0 aliphatic carbocycles. The first-order chi connectivity index (χ1) is 11.0. The van der Waals surface area contributed by atoms with Crippen LogP contribution in [0.3, 0.4) is 0 Å². The Balaban J connectivity index is 2.66. The fraction of sp³-hybridized carbons (Fsp3) is 0.471. The van der Waals surface area contributed by atoms with E-state index in [9.17, 15) is 9.59 Å². The molecule has 1 rings (SSSR count). The van der Waals surface area contributed by atoms with Crippen LogP contribution in [0.2, 0.25) is 0 Å². The minimum absolute atomic E-state index is 0.0830. The summed E-state index contributed by atoms with van der Waals surface area (Å²) in [5, 5.41) is 11.1. The van der Waals surface area contributed by atoms with Crippen molar-refractivity contribution in [3.63, 3.8) is 0 Å². The zero-order valence-electron chi connectivity index (χ0n) is 13.8. The monoisotopic (exact) mass is 317 g/mol. The highest BCUT2D eigenvalue weighted by molar-refractivity contribution is 5.85. The molecule has 23 heavy (non-hydrogen) atoms. The first kappa shape index (κ1) is 18.5. The van der Waals surface area contributed by atoms with Gasteiger partial charge in [0.05, 0.1) is 6.07 Å². The van der Waals surface area contributed by atoms with Crippen LogP contribution in [0.25, 0.3) is 0 Å². The van der Waals surface area contributed by atoms with Crippen molar-refractivity contribution >= 4 is 12.0 Å². The average molecular weight is 317 g/mol. The van der Waals surface area contributed by atoms with Gasteiger partial charge in [-0.1, -0.05) is 44.2 Å². The zero-order chi connectivity index (χ0) is 17.2. The Morgan fingerprint density at radius 3 is 2.52 bits per heavy atom. The number of nitrogens with zero attached hydrogens (tertiary/aromatic N) is 2. The molecule has 0 aromatic heterocycles. The lowest BCUT2D eigenvalue weighted by Gasteiger charge is -2.27. The summed E-state index contributed by atoms with van der Waals surface area (Å²) in [6, 6.07) is 10.5. The molecular weight excluding hydrogens is 294 g/mol. The van der Waals surface area contributed by atoms with E-state index in [4.69, 9.17) is 10.00 Å². The van der Waals surface area contributed by atoms with Crippen molar-refractivity contribution in [3.05, 3.63) is 35.9 Å². The smallest absolute Gasteiger partial charge is 0.410 e. The summed E-state index contributed by atoms with van der Waals surface area (Å²) in [4.78, 5) is 25.6. The Morgan fingerprint density at radius 2 is 1.96 bits per heavy atom. The van der Waals surface area contributed by atoms with Gasteiger partial charge < -0.3 is 10.1 Å². The largest absolute Gasteiger partial charge is 0.445 e. The number of amides is 2. The van der Waals surface area contributed by atoms with E-state index in [-0.39, 0.29) is 25.0 Å². The Bertz CT molecular complexity index is 552. The Hall–Kier alpha value is -2.55. The SMILES string of the molecule is CC(C)CC(C(=O)NCC#N)N(C)C(=O)OCc1ccccc1. The molecule has 1 aromatic carbocycles. The lowest BCUT2D eigenvalue weighted by Crippen LogP contribution is -2.48. The van der Waals surface area contributed by atoms with Gasteiger partial charge in [0.2, 0.25) is 5.91 Å². The fourth-order valence-electron chi connectivity index (χ4n) is 2.08. The van der Waals surface area contributed by atoms with E-state index in [2.05, 4.69) is 5.32 Å². The molecule has 0 bridgehead atoms. The number of hydrogen-bond acceptors (Lipinski definition) is 4. The van der Waals surface area contributed by atoms with Gasteiger partial charge in [-0.2, -0.15) is 5.26 Å². The molecule has 1 N–H and O–H groups in total. The van der Waals surface area contributed by atoms with Crippen LogP contribution in [-0.4, -0.2) is 36.5 Å². The lowest BCUT2D eigenvalue weighted by molar-refractivity contribution is -0.125. The number of benzene rings is 1. The Kier molecular flexibility index (Phi) is 7.61. The van der Waals surface area contributed by atoms with E-state index in [0.29, 0.717) is 6.42 Å². The van der Waals surface area contributed by atoms with Gasteiger partial charge in [0.25, 0.3) is 0 Å². The van der Waals surface area contributed by atoms with Crippen molar-refractivity contribution in [3.8, 4) is 6.07 Å². The summed E-state index contributed by atoms with van der Waals surface area (Å²) in [6.45, 7) is 4.00. The van der Waals surface area contributed by atoms with Crippen molar-refractivity contribution in [2.75, 3.05) is 13.6 Å². The van der Waals surface area contributed by atoms with Gasteiger partial charge in [-0.3, -0.25) is 9.69 Å². The summed E-state index contributed by atoms with van der Waals surface area (Å²) in [6.07, 6.45) is -0.0691. The van der Waals surface area contributed by atoms with Crippen LogP contribution in [0.5, 0.6) is 0 Å². The maximum Gasteiger partial charge on any atom is 0.410 e. The van der Waals surface area contributed by atoms with Crippen LogP contribution in [0.4, 0.5) is 4.79 Å². The van der Waals surface area contributed by atoms with E-state index in [1.807, 2.05) is 50.2 Å². The van der Waals surface area contributed by atoms with Crippen LogP contribution in [-0.2, 0) is 16.1 Å². The molecular formula is C17H23N3O3. The third-order valence-electron chi connectivity index (χ3n) is 3.30. The van der Waals surface area contributed by atoms with E-state index in [1.165, 1.54) is 11.9 Å². The van der Waals surface area contributed by atoms with E-state index in [1.54, 1.807) is 0 Å². The summed E-state index contributed by atoms with van der Waals surface area (Å²) in [5.41, 5.74) is 0.878. The molecule has 1 atom stereocenters. The van der Waals surface area contributed by atoms with Gasteiger partial charge in [0.1, 0.15) is 19.2 Å². The quantitative estimate of drug-likeness (QED) is 0.782. The molecule has 6 heteroatoms. The maximum absolute atomic E-state index is 12.2. The molecule has 0 saturated carbocycles. The molecule has 2 amide bonds. The highest BCUT2D eigenvalue weighted by Crippen LogP contribution is 2.13. The van der Waals surface area contributed by atoms with Crippen LogP contribution >= 0.6 is 0 Å². The normalized spacial score (nSPS) is 11.4. The van der Waals surface area contributed by atoms with Gasteiger partial charge in [-0.15, -0.1) is 0 Å². The lowest BCUT2D eigenvalue weighted by atomic mass is 10.0. The van der Waals surface area contributed by atoms with Crippen LogP contribution in [0.1, 0.15) is 25.8 Å². The Labute approximate surface area is 137 Å². The predicted molar refractivity (Wildman–Crippen MR) is 86.3 cm³/mol. The number of ether oxygens (including phenoxy) is 1. The number of carbonyl (C=O) groups excluding carboxylic acids is 2. The van der Waals surface area contributed by atoms with Crippen LogP contribution in [0, 0.1) is 17.2 Å². The van der Waals surface area contributed by atoms with Crippen molar-refractivity contribution in [1.82, 2.24) is 10.2 Å². The van der Waals surface area contributed by atoms with E-state index < -0.39 is 12.1 Å². The second kappa shape index (κ2) is 9.46. The molecule has 0 heterocycles. The predicted octanol–water partition coefficient (Wildman–Crippen LogP) is 2.31. The first-order valence-corrected chi connectivity index (χ1v) is 7.53. The maximum atomic E-state index is 12.2. The third kappa shape index (κ3) is 6.39. The molecule has 0 saturated heterocycles. The highest BCUT2D eigenvalue weighted by atomic mass is 16.6. The molecule has 0 aliphatic rings. The van der Waals surface area contributed by atoms with Crippen molar-refractivity contribution in [2.24, 2.45) is 5.92 Å². The van der Waals surface area contributed by atoms with Crippen LogP contribution in [0.15, 0.2) is 30.3 Å². The number of carbonyl (C=O) groups is 2. The number of hydrogen-bond donors (Lipinski definition) is 1. The summed E-state index contributed by atoms with van der Waals surface area (Å²) < 4.78 is 5.25. The van der Waals surface area contributed by atoms with Gasteiger partial charge in [-0.05, 0) is 17.9 Å². The van der Waals surface area contributed by atoms with Gasteiger partial charge >= 0.3 is 6.09 Å². The second-order valence-corrected chi connectivity index (χ2v) is 5.67. The summed E-state index contributed by atoms with van der Waals surface area (Å²) in [7, 11) is 1.53. The van der Waals surface area contributed by atoms with E-state index >= 15 is 0 Å². The van der Waals surface area contributed by atoms with Crippen molar-refractivity contribution in [2.45, 2.75) is 32.9 Å². The molecule has 124 valence electrons. The molecule has 6 nitrogen and oxygen atoms in total. The highest BCUT2D eigenvalue weighted by Gasteiger charge is 2.28. The average Bonchev–Trinajstić information content (AvgIpc) is 2.55. The Morgan fingerprint density at radius 1 is 1.30 bits per heavy atom. The van der Waals surface area contributed by atoms with Crippen molar-refractivity contribution < 1.29 is 14.3 Å². The molecule has 0 spiro atoms. The minimum atomic E-state index is -0.661. The third-order valence-corrected chi connectivity index (χ3v) is 3.30. The number of rotatable bonds is 7. The van der Waals surface area contributed by atoms with Gasteiger partial charge in [-0.25, -0.2) is 4.79 Å². The summed E-state index contributed by atoms with van der Waals surface area (Å²) in [5.74, 6) is -0.128. The van der Waals surface area contributed by atoms with Gasteiger partial charge in [0.15, 0.2) is 0 Å². The standard InChI is InChI=1S/C17H23N3O3/c1-13(2)11-15(16(21)19-10-9-18)20(3)17(22)23-12-14-7-5-4-6-8-14/h4-8,13,15H,10-12H2,1-3H3,(H,19,21).